The Kier molecular flexibility index (Phi) is 6.21. The van der Waals surface area contributed by atoms with Crippen molar-refractivity contribution < 1.29 is 9.59 Å². The summed E-state index contributed by atoms with van der Waals surface area (Å²) in [6.07, 6.45) is 1.62. The maximum Gasteiger partial charge on any atom is 0.321 e. The second-order valence-corrected chi connectivity index (χ2v) is 8.42. The highest BCUT2D eigenvalue weighted by atomic mass is 16.2. The fraction of sp³-hybridized carbons (Fsp3) is 0.308. The summed E-state index contributed by atoms with van der Waals surface area (Å²) in [5, 5.41) is 8.45. The first kappa shape index (κ1) is 20.9. The number of anilines is 1. The molecule has 1 fully saturated rings. The van der Waals surface area contributed by atoms with Crippen molar-refractivity contribution in [3.63, 3.8) is 0 Å². The summed E-state index contributed by atoms with van der Waals surface area (Å²) in [4.78, 5) is 27.4. The third kappa shape index (κ3) is 5.05. The van der Waals surface area contributed by atoms with Gasteiger partial charge in [0, 0.05) is 18.8 Å². The van der Waals surface area contributed by atoms with Crippen LogP contribution in [0, 0.1) is 12.8 Å². The standard InChI is InChI=1S/C26H29N3O2/c1-18-7-5-11-24(15-18)28-26(31)29-14-6-10-23(17-29)25(30)27-19(2)21-13-12-20-8-3-4-9-22(20)16-21/h3-5,7-9,11-13,15-16,19,23H,6,10,14,17H2,1-2H3,(H,27,30)(H,28,31)/t19-,23+/m0/s1. The highest BCUT2D eigenvalue weighted by molar-refractivity contribution is 5.90. The molecule has 3 aromatic carbocycles. The molecule has 0 radical (unpaired) electrons. The molecule has 0 bridgehead atoms. The first-order chi connectivity index (χ1) is 15.0. The number of nitrogens with zero attached hydrogens (tertiary/aromatic N) is 1. The topological polar surface area (TPSA) is 61.4 Å². The van der Waals surface area contributed by atoms with Gasteiger partial charge >= 0.3 is 6.03 Å². The van der Waals surface area contributed by atoms with Crippen molar-refractivity contribution in [2.45, 2.75) is 32.7 Å². The molecule has 3 aromatic rings. The van der Waals surface area contributed by atoms with Crippen molar-refractivity contribution in [2.75, 3.05) is 18.4 Å². The Labute approximate surface area is 183 Å². The maximum atomic E-state index is 12.9. The lowest BCUT2D eigenvalue weighted by molar-refractivity contribution is -0.126. The molecule has 0 saturated carbocycles. The second-order valence-electron chi connectivity index (χ2n) is 8.42. The molecule has 2 N–H and O–H groups in total. The summed E-state index contributed by atoms with van der Waals surface area (Å²) in [5.74, 6) is -0.186. The van der Waals surface area contributed by atoms with Gasteiger partial charge in [0.15, 0.2) is 0 Å². The van der Waals surface area contributed by atoms with Crippen LogP contribution in [-0.4, -0.2) is 29.9 Å². The smallest absolute Gasteiger partial charge is 0.321 e. The zero-order valence-electron chi connectivity index (χ0n) is 18.1. The molecule has 0 unspecified atom stereocenters. The number of rotatable bonds is 4. The van der Waals surface area contributed by atoms with Gasteiger partial charge in [0.25, 0.3) is 0 Å². The van der Waals surface area contributed by atoms with Gasteiger partial charge in [-0.05, 0) is 66.8 Å². The Bertz CT molecular complexity index is 1090. The number of amides is 3. The Balaban J connectivity index is 1.37. The minimum absolute atomic E-state index is 0.00807. The molecular weight excluding hydrogens is 386 g/mol. The molecule has 0 aromatic heterocycles. The van der Waals surface area contributed by atoms with Gasteiger partial charge in [-0.1, -0.05) is 48.5 Å². The third-order valence-electron chi connectivity index (χ3n) is 5.98. The average Bonchev–Trinajstić information content (AvgIpc) is 2.78. The molecule has 5 heteroatoms. The Morgan fingerprint density at radius 1 is 1.00 bits per heavy atom. The number of hydrogen-bond acceptors (Lipinski definition) is 2. The van der Waals surface area contributed by atoms with E-state index >= 15 is 0 Å². The Morgan fingerprint density at radius 3 is 2.61 bits per heavy atom. The SMILES string of the molecule is Cc1cccc(NC(=O)N2CCC[C@@H](C(=O)N[C@@H](C)c3ccc4ccccc4c3)C2)c1. The second kappa shape index (κ2) is 9.21. The number of carbonyl (C=O) groups is 2. The molecule has 5 nitrogen and oxygen atoms in total. The van der Waals surface area contributed by atoms with Crippen LogP contribution in [0.2, 0.25) is 0 Å². The van der Waals surface area contributed by atoms with Gasteiger partial charge in [-0.2, -0.15) is 0 Å². The molecule has 1 aliphatic heterocycles. The summed E-state index contributed by atoms with van der Waals surface area (Å²) < 4.78 is 0. The zero-order chi connectivity index (χ0) is 21.8. The van der Waals surface area contributed by atoms with E-state index in [0.29, 0.717) is 13.1 Å². The van der Waals surface area contributed by atoms with Crippen molar-refractivity contribution >= 4 is 28.4 Å². The molecule has 4 rings (SSSR count). The van der Waals surface area contributed by atoms with Crippen LogP contribution in [0.15, 0.2) is 66.7 Å². The van der Waals surface area contributed by atoms with Gasteiger partial charge in [-0.15, -0.1) is 0 Å². The molecular formula is C26H29N3O2. The summed E-state index contributed by atoms with van der Waals surface area (Å²) in [7, 11) is 0. The monoisotopic (exact) mass is 415 g/mol. The van der Waals surface area contributed by atoms with Crippen molar-refractivity contribution in [1.29, 1.82) is 0 Å². The molecule has 1 aliphatic rings. The van der Waals surface area contributed by atoms with Crippen LogP contribution in [0.4, 0.5) is 10.5 Å². The quantitative estimate of drug-likeness (QED) is 0.610. The normalized spacial score (nSPS) is 17.2. The first-order valence-corrected chi connectivity index (χ1v) is 10.9. The van der Waals surface area contributed by atoms with E-state index in [9.17, 15) is 9.59 Å². The van der Waals surface area contributed by atoms with E-state index in [1.54, 1.807) is 4.90 Å². The predicted octanol–water partition coefficient (Wildman–Crippen LogP) is 5.27. The highest BCUT2D eigenvalue weighted by Gasteiger charge is 2.29. The van der Waals surface area contributed by atoms with Gasteiger partial charge in [0.05, 0.1) is 12.0 Å². The molecule has 160 valence electrons. The minimum atomic E-state index is -0.195. The van der Waals surface area contributed by atoms with Crippen LogP contribution < -0.4 is 10.6 Å². The third-order valence-corrected chi connectivity index (χ3v) is 5.98. The van der Waals surface area contributed by atoms with Gasteiger partial charge < -0.3 is 15.5 Å². The van der Waals surface area contributed by atoms with E-state index in [-0.39, 0.29) is 23.9 Å². The van der Waals surface area contributed by atoms with Crippen LogP contribution in [0.5, 0.6) is 0 Å². The number of urea groups is 1. The van der Waals surface area contributed by atoms with Crippen molar-refractivity contribution in [2.24, 2.45) is 5.92 Å². The lowest BCUT2D eigenvalue weighted by atomic mass is 9.96. The number of aryl methyl sites for hydroxylation is 1. The number of carbonyl (C=O) groups excluding carboxylic acids is 2. The maximum absolute atomic E-state index is 12.9. The highest BCUT2D eigenvalue weighted by Crippen LogP contribution is 2.23. The number of piperidine rings is 1. The number of likely N-dealkylation sites (tertiary alicyclic amines) is 1. The predicted molar refractivity (Wildman–Crippen MR) is 125 cm³/mol. The summed E-state index contributed by atoms with van der Waals surface area (Å²) in [6.45, 7) is 5.11. The fourth-order valence-electron chi connectivity index (χ4n) is 4.19. The summed E-state index contributed by atoms with van der Waals surface area (Å²) in [6, 6.07) is 22.0. The Hall–Kier alpha value is -3.34. The van der Waals surface area contributed by atoms with Crippen molar-refractivity contribution in [1.82, 2.24) is 10.2 Å². The van der Waals surface area contributed by atoms with Gasteiger partial charge in [0.2, 0.25) is 5.91 Å². The number of nitrogens with one attached hydrogen (secondary N) is 2. The van der Waals surface area contributed by atoms with E-state index in [1.807, 2.05) is 50.2 Å². The lowest BCUT2D eigenvalue weighted by Crippen LogP contribution is -2.47. The average molecular weight is 416 g/mol. The largest absolute Gasteiger partial charge is 0.349 e. The summed E-state index contributed by atoms with van der Waals surface area (Å²) in [5.41, 5.74) is 2.95. The van der Waals surface area contributed by atoms with Crippen molar-refractivity contribution in [3.8, 4) is 0 Å². The molecule has 2 atom stereocenters. The van der Waals surface area contributed by atoms with E-state index < -0.39 is 0 Å². The number of benzene rings is 3. The van der Waals surface area contributed by atoms with Crippen LogP contribution in [0.25, 0.3) is 10.8 Å². The van der Waals surface area contributed by atoms with Crippen LogP contribution >= 0.6 is 0 Å². The van der Waals surface area contributed by atoms with E-state index in [0.717, 1.165) is 35.0 Å². The lowest BCUT2D eigenvalue weighted by Gasteiger charge is -2.32. The summed E-state index contributed by atoms with van der Waals surface area (Å²) >= 11 is 0. The van der Waals surface area contributed by atoms with Crippen molar-refractivity contribution in [3.05, 3.63) is 77.9 Å². The molecule has 1 saturated heterocycles. The minimum Gasteiger partial charge on any atom is -0.349 e. The van der Waals surface area contributed by atoms with Crippen LogP contribution in [-0.2, 0) is 4.79 Å². The number of hydrogen-bond donors (Lipinski definition) is 2. The molecule has 0 spiro atoms. The molecule has 1 heterocycles. The first-order valence-electron chi connectivity index (χ1n) is 10.9. The van der Waals surface area contributed by atoms with E-state index in [4.69, 9.17) is 0 Å². The number of fused-ring (bicyclic) bond motifs is 1. The van der Waals surface area contributed by atoms with Gasteiger partial charge in [-0.3, -0.25) is 4.79 Å². The Morgan fingerprint density at radius 2 is 1.81 bits per heavy atom. The van der Waals surface area contributed by atoms with Crippen LogP contribution in [0.1, 0.15) is 36.9 Å². The molecule has 31 heavy (non-hydrogen) atoms. The van der Waals surface area contributed by atoms with E-state index in [2.05, 4.69) is 41.0 Å². The van der Waals surface area contributed by atoms with Crippen LogP contribution in [0.3, 0.4) is 0 Å². The molecule has 0 aliphatic carbocycles. The molecule has 3 amide bonds. The fourth-order valence-corrected chi connectivity index (χ4v) is 4.19. The van der Waals surface area contributed by atoms with E-state index in [1.165, 1.54) is 5.39 Å². The van der Waals surface area contributed by atoms with Gasteiger partial charge in [-0.25, -0.2) is 4.79 Å². The van der Waals surface area contributed by atoms with Gasteiger partial charge in [0.1, 0.15) is 0 Å². The zero-order valence-corrected chi connectivity index (χ0v) is 18.1.